The second kappa shape index (κ2) is 6.24. The fourth-order valence-electron chi connectivity index (χ4n) is 1.58. The van der Waals surface area contributed by atoms with Crippen LogP contribution < -0.4 is 5.73 Å². The van der Waals surface area contributed by atoms with E-state index in [0.717, 1.165) is 18.7 Å². The summed E-state index contributed by atoms with van der Waals surface area (Å²) in [6.07, 6.45) is 0. The van der Waals surface area contributed by atoms with Crippen molar-refractivity contribution in [3.05, 3.63) is 33.8 Å². The number of halogens is 2. The molecular weight excluding hydrogens is 257 g/mol. The molecule has 0 aliphatic carbocycles. The lowest BCUT2D eigenvalue weighted by molar-refractivity contribution is 0.306. The third-order valence-electron chi connectivity index (χ3n) is 2.55. The van der Waals surface area contributed by atoms with Crippen LogP contribution in [0.5, 0.6) is 0 Å². The van der Waals surface area contributed by atoms with Gasteiger partial charge in [-0.05, 0) is 24.7 Å². The first-order valence-corrected chi connectivity index (χ1v) is 6.12. The van der Waals surface area contributed by atoms with Gasteiger partial charge < -0.3 is 10.6 Å². The molecule has 3 N–H and O–H groups in total. The van der Waals surface area contributed by atoms with Crippen LogP contribution >= 0.6 is 23.2 Å². The molecule has 1 unspecified atom stereocenters. The van der Waals surface area contributed by atoms with E-state index in [2.05, 4.69) is 4.90 Å². The second-order valence-electron chi connectivity index (χ2n) is 4.30. The van der Waals surface area contributed by atoms with Gasteiger partial charge in [0.05, 0.1) is 15.9 Å². The van der Waals surface area contributed by atoms with E-state index < -0.39 is 0 Å². The van der Waals surface area contributed by atoms with Gasteiger partial charge in [-0.15, -0.1) is 0 Å². The summed E-state index contributed by atoms with van der Waals surface area (Å²) in [6, 6.07) is 5.60. The minimum absolute atomic E-state index is 0.0581. The Morgan fingerprint density at radius 1 is 1.41 bits per heavy atom. The average Bonchev–Trinajstić information content (AvgIpc) is 2.23. The number of benzene rings is 1. The molecule has 0 heterocycles. The molecule has 0 amide bonds. The van der Waals surface area contributed by atoms with Crippen LogP contribution in [0.3, 0.4) is 0 Å². The first-order chi connectivity index (χ1) is 7.90. The van der Waals surface area contributed by atoms with Crippen LogP contribution in [0.1, 0.15) is 12.5 Å². The van der Waals surface area contributed by atoms with E-state index in [1.165, 1.54) is 0 Å². The third-order valence-corrected chi connectivity index (χ3v) is 3.29. The quantitative estimate of drug-likeness (QED) is 0.640. The fourth-order valence-corrected chi connectivity index (χ4v) is 1.90. The number of hydrogen-bond donors (Lipinski definition) is 2. The third kappa shape index (κ3) is 4.54. The van der Waals surface area contributed by atoms with Gasteiger partial charge >= 0.3 is 0 Å². The molecule has 0 radical (unpaired) electrons. The van der Waals surface area contributed by atoms with E-state index in [-0.39, 0.29) is 11.8 Å². The van der Waals surface area contributed by atoms with Gasteiger partial charge in [0.1, 0.15) is 0 Å². The largest absolute Gasteiger partial charge is 0.387 e. The van der Waals surface area contributed by atoms with Crippen molar-refractivity contribution in [2.24, 2.45) is 11.7 Å². The van der Waals surface area contributed by atoms with Gasteiger partial charge in [-0.25, -0.2) is 0 Å². The molecule has 1 aromatic rings. The minimum atomic E-state index is 0.0581. The van der Waals surface area contributed by atoms with Gasteiger partial charge in [0.2, 0.25) is 0 Å². The van der Waals surface area contributed by atoms with Crippen LogP contribution in [-0.2, 0) is 6.54 Å². The average molecular weight is 274 g/mol. The Hall–Kier alpha value is -0.770. The van der Waals surface area contributed by atoms with Crippen LogP contribution in [0.2, 0.25) is 10.0 Å². The Morgan fingerprint density at radius 2 is 2.06 bits per heavy atom. The number of hydrogen-bond acceptors (Lipinski definition) is 2. The molecule has 0 aliphatic heterocycles. The van der Waals surface area contributed by atoms with Crippen molar-refractivity contribution in [1.29, 1.82) is 5.41 Å². The Balaban J connectivity index is 2.58. The molecule has 1 aromatic carbocycles. The maximum atomic E-state index is 7.35. The number of nitrogens with one attached hydrogen (secondary N) is 1. The fraction of sp³-hybridized carbons (Fsp3) is 0.417. The zero-order valence-electron chi connectivity index (χ0n) is 10.0. The molecule has 0 fully saturated rings. The van der Waals surface area contributed by atoms with Gasteiger partial charge in [0.25, 0.3) is 0 Å². The molecule has 0 saturated heterocycles. The van der Waals surface area contributed by atoms with Crippen LogP contribution in [0.25, 0.3) is 0 Å². The summed E-state index contributed by atoms with van der Waals surface area (Å²) in [6.45, 7) is 3.44. The van der Waals surface area contributed by atoms with Gasteiger partial charge in [-0.2, -0.15) is 0 Å². The Morgan fingerprint density at radius 3 is 2.59 bits per heavy atom. The highest BCUT2D eigenvalue weighted by atomic mass is 35.5. The Bertz CT molecular complexity index is 407. The van der Waals surface area contributed by atoms with Crippen molar-refractivity contribution in [1.82, 2.24) is 4.90 Å². The second-order valence-corrected chi connectivity index (χ2v) is 5.12. The maximum absolute atomic E-state index is 7.35. The Labute approximate surface area is 112 Å². The predicted molar refractivity (Wildman–Crippen MR) is 73.9 cm³/mol. The number of amidine groups is 1. The highest BCUT2D eigenvalue weighted by Crippen LogP contribution is 2.23. The molecule has 0 spiro atoms. The van der Waals surface area contributed by atoms with Crippen LogP contribution in [0.4, 0.5) is 0 Å². The normalized spacial score (nSPS) is 12.8. The molecule has 5 heteroatoms. The van der Waals surface area contributed by atoms with E-state index in [4.69, 9.17) is 34.3 Å². The lowest BCUT2D eigenvalue weighted by Crippen LogP contribution is -2.31. The van der Waals surface area contributed by atoms with Gasteiger partial charge in [-0.3, -0.25) is 5.41 Å². The molecule has 0 bridgehead atoms. The summed E-state index contributed by atoms with van der Waals surface area (Å²) in [5.74, 6) is 0.272. The molecule has 17 heavy (non-hydrogen) atoms. The van der Waals surface area contributed by atoms with E-state index in [0.29, 0.717) is 10.0 Å². The summed E-state index contributed by atoms with van der Waals surface area (Å²) in [5, 5.41) is 8.48. The minimum Gasteiger partial charge on any atom is -0.387 e. The van der Waals surface area contributed by atoms with Crippen molar-refractivity contribution >= 4 is 29.0 Å². The lowest BCUT2D eigenvalue weighted by atomic mass is 10.1. The van der Waals surface area contributed by atoms with E-state index >= 15 is 0 Å². The number of nitrogens with two attached hydrogens (primary N) is 1. The smallest absolute Gasteiger partial charge is 0.0947 e. The molecule has 1 atom stereocenters. The molecule has 1 rings (SSSR count). The van der Waals surface area contributed by atoms with Gasteiger partial charge in [0, 0.05) is 19.0 Å². The van der Waals surface area contributed by atoms with Crippen molar-refractivity contribution in [3.63, 3.8) is 0 Å². The highest BCUT2D eigenvalue weighted by Gasteiger charge is 2.09. The molecule has 0 aliphatic rings. The molecular formula is C12H17Cl2N3. The van der Waals surface area contributed by atoms with Crippen LogP contribution in [-0.4, -0.2) is 24.3 Å². The molecule has 94 valence electrons. The zero-order valence-corrected chi connectivity index (χ0v) is 11.5. The molecule has 3 nitrogen and oxygen atoms in total. The van der Waals surface area contributed by atoms with E-state index in [1.807, 2.05) is 26.1 Å². The predicted octanol–water partition coefficient (Wildman–Crippen LogP) is 3.00. The number of rotatable bonds is 5. The Kier molecular flexibility index (Phi) is 5.25. The van der Waals surface area contributed by atoms with E-state index in [9.17, 15) is 0 Å². The van der Waals surface area contributed by atoms with Gasteiger partial charge in [-0.1, -0.05) is 36.2 Å². The molecule has 0 saturated carbocycles. The first kappa shape index (κ1) is 14.3. The summed E-state index contributed by atoms with van der Waals surface area (Å²) in [4.78, 5) is 2.10. The zero-order chi connectivity index (χ0) is 13.0. The van der Waals surface area contributed by atoms with Crippen molar-refractivity contribution < 1.29 is 0 Å². The highest BCUT2D eigenvalue weighted by molar-refractivity contribution is 6.42. The standard InChI is InChI=1S/C12H17Cl2N3/c1-8(12(15)16)6-17(2)7-9-3-4-10(13)11(14)5-9/h3-5,8H,6-7H2,1-2H3,(H3,15,16). The SMILES string of the molecule is CC(CN(C)Cc1ccc(Cl)c(Cl)c1)C(=N)N. The maximum Gasteiger partial charge on any atom is 0.0947 e. The van der Waals surface area contributed by atoms with Crippen LogP contribution in [0, 0.1) is 11.3 Å². The summed E-state index contributed by atoms with van der Waals surface area (Å²) in [5.41, 5.74) is 6.53. The first-order valence-electron chi connectivity index (χ1n) is 5.36. The monoisotopic (exact) mass is 273 g/mol. The van der Waals surface area contributed by atoms with Crippen molar-refractivity contribution in [3.8, 4) is 0 Å². The summed E-state index contributed by atoms with van der Waals surface area (Å²) >= 11 is 11.8. The topological polar surface area (TPSA) is 53.1 Å². The van der Waals surface area contributed by atoms with E-state index in [1.54, 1.807) is 6.07 Å². The van der Waals surface area contributed by atoms with Crippen molar-refractivity contribution in [2.45, 2.75) is 13.5 Å². The number of nitrogens with zero attached hydrogens (tertiary/aromatic N) is 1. The summed E-state index contributed by atoms with van der Waals surface area (Å²) < 4.78 is 0. The van der Waals surface area contributed by atoms with Crippen LogP contribution in [0.15, 0.2) is 18.2 Å². The lowest BCUT2D eigenvalue weighted by Gasteiger charge is -2.20. The van der Waals surface area contributed by atoms with Gasteiger partial charge in [0.15, 0.2) is 0 Å². The molecule has 0 aromatic heterocycles. The summed E-state index contributed by atoms with van der Waals surface area (Å²) in [7, 11) is 1.99. The van der Waals surface area contributed by atoms with Crippen molar-refractivity contribution in [2.75, 3.05) is 13.6 Å².